The van der Waals surface area contributed by atoms with Gasteiger partial charge < -0.3 is 40.5 Å². The number of carboxylic acid groups (broad SMARTS) is 1. The lowest BCUT2D eigenvalue weighted by molar-refractivity contribution is -0.152. The molecule has 6 N–H and O–H groups in total. The minimum absolute atomic E-state index is 0.133. The molecule has 1 saturated heterocycles. The molecule has 2 aliphatic rings. The number of hydrogen-bond acceptors (Lipinski definition) is 8. The minimum atomic E-state index is -3.28. The average Bonchev–Trinajstić information content (AvgIpc) is 2.61. The monoisotopic (exact) mass is 408 g/mol. The van der Waals surface area contributed by atoms with Crippen LogP contribution in [0.4, 0.5) is 0 Å². The third kappa shape index (κ3) is 4.51. The Morgan fingerprint density at radius 3 is 2.69 bits per heavy atom. The SMILES string of the molecule is C[C@@H](NC(=O)CN)C(=O)N1CC(OC2C[B-](O)(O)Oc3c(C(=O)O)cccc32)C1. The zero-order chi connectivity index (χ0) is 21.3. The molecular formula is C17H23BN3O8-. The maximum Gasteiger partial charge on any atom is 0.433 e. The van der Waals surface area contributed by atoms with Gasteiger partial charge in [-0.05, 0) is 13.0 Å². The fraction of sp³-hybridized carbons (Fsp3) is 0.471. The van der Waals surface area contributed by atoms with Gasteiger partial charge >= 0.3 is 12.7 Å². The summed E-state index contributed by atoms with van der Waals surface area (Å²) in [5, 5.41) is 31.8. The van der Waals surface area contributed by atoms with E-state index in [0.717, 1.165) is 0 Å². The largest absolute Gasteiger partial charge is 0.669 e. The molecule has 1 unspecified atom stereocenters. The number of rotatable bonds is 6. The molecule has 0 bridgehead atoms. The van der Waals surface area contributed by atoms with Crippen molar-refractivity contribution in [2.24, 2.45) is 5.73 Å². The van der Waals surface area contributed by atoms with E-state index >= 15 is 0 Å². The number of fused-ring (bicyclic) bond motifs is 1. The van der Waals surface area contributed by atoms with Crippen LogP contribution >= 0.6 is 0 Å². The normalized spacial score (nSPS) is 21.4. The Morgan fingerprint density at radius 2 is 2.07 bits per heavy atom. The number of nitrogens with zero attached hydrogens (tertiary/aromatic N) is 1. The maximum absolute atomic E-state index is 12.3. The van der Waals surface area contributed by atoms with E-state index in [1.807, 2.05) is 0 Å². The Labute approximate surface area is 166 Å². The summed E-state index contributed by atoms with van der Waals surface area (Å²) < 4.78 is 11.0. The van der Waals surface area contributed by atoms with Crippen LogP contribution in [-0.4, -0.2) is 76.4 Å². The van der Waals surface area contributed by atoms with Gasteiger partial charge in [-0.3, -0.25) is 9.59 Å². The predicted octanol–water partition coefficient (Wildman–Crippen LogP) is -1.57. The first-order chi connectivity index (χ1) is 13.6. The van der Waals surface area contributed by atoms with E-state index < -0.39 is 30.8 Å². The first-order valence-corrected chi connectivity index (χ1v) is 9.20. The molecule has 29 heavy (non-hydrogen) atoms. The number of para-hydroxylation sites is 1. The van der Waals surface area contributed by atoms with Gasteiger partial charge in [0.05, 0.1) is 30.1 Å². The molecule has 12 heteroatoms. The molecule has 1 aromatic rings. The molecule has 1 fully saturated rings. The van der Waals surface area contributed by atoms with Crippen molar-refractivity contribution in [1.82, 2.24) is 10.2 Å². The van der Waals surface area contributed by atoms with Crippen molar-refractivity contribution in [3.05, 3.63) is 29.3 Å². The Morgan fingerprint density at radius 1 is 1.38 bits per heavy atom. The summed E-state index contributed by atoms with van der Waals surface area (Å²) in [7, 11) is 0. The Hall–Kier alpha value is -2.67. The molecule has 2 aliphatic heterocycles. The Balaban J connectivity index is 1.65. The number of likely N-dealkylation sites (tertiary alicyclic amines) is 1. The van der Waals surface area contributed by atoms with Gasteiger partial charge in [0.25, 0.3) is 0 Å². The summed E-state index contributed by atoms with van der Waals surface area (Å²) in [6, 6.07) is 3.70. The van der Waals surface area contributed by atoms with Gasteiger partial charge in [0.2, 0.25) is 11.8 Å². The summed E-state index contributed by atoms with van der Waals surface area (Å²) in [5.41, 5.74) is 5.42. The van der Waals surface area contributed by atoms with Crippen molar-refractivity contribution >= 4 is 24.5 Å². The van der Waals surface area contributed by atoms with Crippen LogP contribution in [0.3, 0.4) is 0 Å². The first kappa shape index (κ1) is 21.1. The van der Waals surface area contributed by atoms with Crippen molar-refractivity contribution in [1.29, 1.82) is 0 Å². The van der Waals surface area contributed by atoms with Gasteiger partial charge in [0, 0.05) is 18.7 Å². The van der Waals surface area contributed by atoms with Crippen molar-refractivity contribution in [2.75, 3.05) is 19.6 Å². The van der Waals surface area contributed by atoms with E-state index in [0.29, 0.717) is 5.56 Å². The number of carbonyl (C=O) groups excluding carboxylic acids is 2. The molecule has 0 radical (unpaired) electrons. The second kappa shape index (κ2) is 7.99. The van der Waals surface area contributed by atoms with E-state index in [2.05, 4.69) is 5.32 Å². The van der Waals surface area contributed by atoms with Crippen LogP contribution < -0.4 is 15.7 Å². The highest BCUT2D eigenvalue weighted by Crippen LogP contribution is 2.42. The lowest BCUT2D eigenvalue weighted by atomic mass is 9.68. The Bertz CT molecular complexity index is 827. The molecule has 2 amide bonds. The van der Waals surface area contributed by atoms with E-state index in [1.165, 1.54) is 17.0 Å². The highest BCUT2D eigenvalue weighted by Gasteiger charge is 2.41. The zero-order valence-corrected chi connectivity index (χ0v) is 15.8. The summed E-state index contributed by atoms with van der Waals surface area (Å²) in [6.45, 7) is -1.43. The Kier molecular flexibility index (Phi) is 5.80. The molecule has 3 rings (SSSR count). The number of nitrogens with two attached hydrogens (primary N) is 1. The highest BCUT2D eigenvalue weighted by atomic mass is 16.6. The van der Waals surface area contributed by atoms with Gasteiger partial charge in [-0.2, -0.15) is 0 Å². The van der Waals surface area contributed by atoms with Crippen molar-refractivity contribution in [3.8, 4) is 5.75 Å². The second-order valence-corrected chi connectivity index (χ2v) is 7.22. The van der Waals surface area contributed by atoms with Gasteiger partial charge in [-0.25, -0.2) is 4.79 Å². The van der Waals surface area contributed by atoms with Crippen LogP contribution in [0.25, 0.3) is 0 Å². The highest BCUT2D eigenvalue weighted by molar-refractivity contribution is 6.59. The van der Waals surface area contributed by atoms with Gasteiger partial charge in [0.15, 0.2) is 0 Å². The van der Waals surface area contributed by atoms with Crippen LogP contribution in [0.5, 0.6) is 5.75 Å². The quantitative estimate of drug-likeness (QED) is 0.349. The number of benzene rings is 1. The molecule has 0 saturated carbocycles. The van der Waals surface area contributed by atoms with E-state index in [-0.39, 0.29) is 49.3 Å². The fourth-order valence-electron chi connectivity index (χ4n) is 3.45. The zero-order valence-electron chi connectivity index (χ0n) is 15.8. The number of carbonyl (C=O) groups is 3. The molecule has 158 valence electrons. The van der Waals surface area contributed by atoms with E-state index in [4.69, 9.17) is 15.1 Å². The fourth-order valence-corrected chi connectivity index (χ4v) is 3.45. The molecule has 11 nitrogen and oxygen atoms in total. The average molecular weight is 408 g/mol. The number of hydrogen-bond donors (Lipinski definition) is 5. The van der Waals surface area contributed by atoms with Gasteiger partial charge in [0.1, 0.15) is 6.04 Å². The van der Waals surface area contributed by atoms with Crippen LogP contribution in [0.2, 0.25) is 6.32 Å². The summed E-state index contributed by atoms with van der Waals surface area (Å²) >= 11 is 0. The van der Waals surface area contributed by atoms with E-state index in [1.54, 1.807) is 13.0 Å². The van der Waals surface area contributed by atoms with Crippen LogP contribution in [0.1, 0.15) is 28.9 Å². The molecular weight excluding hydrogens is 385 g/mol. The molecule has 2 atom stereocenters. The van der Waals surface area contributed by atoms with Crippen LogP contribution in [0.15, 0.2) is 18.2 Å². The maximum atomic E-state index is 12.3. The number of ether oxygens (including phenoxy) is 1. The first-order valence-electron chi connectivity index (χ1n) is 9.20. The number of nitrogens with one attached hydrogen (secondary N) is 1. The number of amides is 2. The van der Waals surface area contributed by atoms with Gasteiger partial charge in [-0.1, -0.05) is 18.5 Å². The molecule has 0 aliphatic carbocycles. The van der Waals surface area contributed by atoms with E-state index in [9.17, 15) is 29.5 Å². The lowest BCUT2D eigenvalue weighted by Crippen LogP contribution is -2.60. The molecule has 2 heterocycles. The second-order valence-electron chi connectivity index (χ2n) is 7.22. The standard InChI is InChI=1S/C17H23BN3O8/c1-9(20-14(22)6-19)16(23)21-7-10(8-21)28-13-5-18(26,27)29-15-11(13)3-2-4-12(15)17(24)25/h2-4,9-10,13,26-27H,5-8,19H2,1H3,(H,20,22)(H,24,25)/q-1/t9-,13?/m1/s1. The summed E-state index contributed by atoms with van der Waals surface area (Å²) in [5.74, 6) is -2.11. The topological polar surface area (TPSA) is 172 Å². The smallest absolute Gasteiger partial charge is 0.433 e. The summed E-state index contributed by atoms with van der Waals surface area (Å²) in [6.07, 6.45) is -1.44. The lowest BCUT2D eigenvalue weighted by Gasteiger charge is -2.46. The number of aromatic carboxylic acids is 1. The van der Waals surface area contributed by atoms with Gasteiger partial charge in [-0.15, -0.1) is 0 Å². The van der Waals surface area contributed by atoms with Crippen molar-refractivity contribution in [3.63, 3.8) is 0 Å². The molecule has 0 spiro atoms. The minimum Gasteiger partial charge on any atom is -0.669 e. The molecule has 1 aromatic carbocycles. The van der Waals surface area contributed by atoms with Crippen LogP contribution in [-0.2, 0) is 14.3 Å². The van der Waals surface area contributed by atoms with Crippen molar-refractivity contribution in [2.45, 2.75) is 31.5 Å². The predicted molar refractivity (Wildman–Crippen MR) is 99.9 cm³/mol. The van der Waals surface area contributed by atoms with Crippen molar-refractivity contribution < 1.29 is 38.9 Å². The third-order valence-electron chi connectivity index (χ3n) is 4.90. The summed E-state index contributed by atoms with van der Waals surface area (Å²) in [4.78, 5) is 36.5. The third-order valence-corrected chi connectivity index (χ3v) is 4.90. The number of carboxylic acids is 1. The van der Waals surface area contributed by atoms with Crippen LogP contribution in [0, 0.1) is 0 Å². The molecule has 0 aromatic heterocycles.